The largest absolute Gasteiger partial charge is 0.432 e. The van der Waals surface area contributed by atoms with Gasteiger partial charge in [-0.05, 0) is 48.2 Å². The van der Waals surface area contributed by atoms with Gasteiger partial charge < -0.3 is 9.05 Å². The predicted molar refractivity (Wildman–Crippen MR) is 85.9 cm³/mol. The van der Waals surface area contributed by atoms with Gasteiger partial charge in [0.2, 0.25) is 0 Å². The lowest BCUT2D eigenvalue weighted by atomic mass is 9.96. The molecule has 0 aromatic heterocycles. The van der Waals surface area contributed by atoms with Gasteiger partial charge in [-0.2, -0.15) is 0 Å². The quantitative estimate of drug-likeness (QED) is 0.602. The summed E-state index contributed by atoms with van der Waals surface area (Å²) in [6.07, 6.45) is 9.13. The van der Waals surface area contributed by atoms with E-state index in [0.717, 1.165) is 36.3 Å². The second kappa shape index (κ2) is 7.71. The Morgan fingerprint density at radius 2 is 2.05 bits per heavy atom. The fraction of sp³-hybridized carbons (Fsp3) is 0.375. The van der Waals surface area contributed by atoms with Gasteiger partial charge in [0.25, 0.3) is 0 Å². The molecule has 2 atom stereocenters. The van der Waals surface area contributed by atoms with E-state index in [1.165, 1.54) is 0 Å². The first-order valence-corrected chi connectivity index (χ1v) is 9.09. The maximum Gasteiger partial charge on any atom is 0.400 e. The van der Waals surface area contributed by atoms with Crippen LogP contribution >= 0.6 is 19.0 Å². The summed E-state index contributed by atoms with van der Waals surface area (Å²) in [4.78, 5) is 0. The van der Waals surface area contributed by atoms with Crippen molar-refractivity contribution in [2.45, 2.75) is 33.1 Å². The molecule has 0 saturated carbocycles. The van der Waals surface area contributed by atoms with Crippen molar-refractivity contribution in [2.75, 3.05) is 0 Å². The van der Waals surface area contributed by atoms with Gasteiger partial charge in [-0.15, -0.1) is 0 Å². The average Bonchev–Trinajstić information content (AvgIpc) is 2.48. The lowest BCUT2D eigenvalue weighted by Crippen LogP contribution is -2.06. The Morgan fingerprint density at radius 3 is 2.80 bits per heavy atom. The van der Waals surface area contributed by atoms with E-state index in [9.17, 15) is 0 Å². The zero-order valence-corrected chi connectivity index (χ0v) is 13.5. The zero-order chi connectivity index (χ0) is 14.4. The molecule has 2 rings (SSSR count). The van der Waals surface area contributed by atoms with Crippen LogP contribution < -0.4 is 4.52 Å². The summed E-state index contributed by atoms with van der Waals surface area (Å²) in [5.41, 5.74) is 1.15. The van der Waals surface area contributed by atoms with Crippen LogP contribution in [0.15, 0.2) is 48.3 Å². The second-order valence-electron chi connectivity index (χ2n) is 4.69. The van der Waals surface area contributed by atoms with Gasteiger partial charge in [-0.25, -0.2) is 0 Å². The predicted octanol–water partition coefficient (Wildman–Crippen LogP) is 5.98. The molecule has 0 amide bonds. The fourth-order valence-electron chi connectivity index (χ4n) is 2.19. The first-order chi connectivity index (χ1) is 9.74. The minimum atomic E-state index is -1.46. The standard InChI is InChI=1S/C16H20ClO2P/c1-3-13-9-5-7-11-15(13)18-20(17)19-16-12-8-6-10-14(16)4-2/h5-9,11-12,14H,3-4,10H2,1-2H3. The van der Waals surface area contributed by atoms with Crippen LogP contribution in [0.2, 0.25) is 0 Å². The molecule has 0 fully saturated rings. The molecule has 0 bridgehead atoms. The van der Waals surface area contributed by atoms with Crippen LogP contribution in [0.4, 0.5) is 0 Å². The van der Waals surface area contributed by atoms with Gasteiger partial charge in [0.15, 0.2) is 0 Å². The number of aryl methyl sites for hydroxylation is 1. The van der Waals surface area contributed by atoms with Crippen molar-refractivity contribution in [3.8, 4) is 5.75 Å². The third-order valence-corrected chi connectivity index (χ3v) is 4.52. The van der Waals surface area contributed by atoms with E-state index >= 15 is 0 Å². The second-order valence-corrected chi connectivity index (χ2v) is 6.31. The molecule has 1 aliphatic rings. The van der Waals surface area contributed by atoms with Crippen LogP contribution in [0.1, 0.15) is 32.3 Å². The number of para-hydroxylation sites is 1. The highest BCUT2D eigenvalue weighted by Crippen LogP contribution is 2.49. The van der Waals surface area contributed by atoms with Crippen molar-refractivity contribution >= 4 is 19.0 Å². The van der Waals surface area contributed by atoms with E-state index in [0.29, 0.717) is 5.92 Å². The van der Waals surface area contributed by atoms with Gasteiger partial charge in [0, 0.05) is 5.92 Å². The lowest BCUT2D eigenvalue weighted by Gasteiger charge is -2.22. The van der Waals surface area contributed by atoms with Crippen LogP contribution in [0.25, 0.3) is 0 Å². The maximum absolute atomic E-state index is 6.26. The zero-order valence-electron chi connectivity index (χ0n) is 11.9. The third-order valence-electron chi connectivity index (χ3n) is 3.41. The molecule has 1 aromatic rings. The summed E-state index contributed by atoms with van der Waals surface area (Å²) in [5.74, 6) is 2.16. The van der Waals surface area contributed by atoms with Crippen molar-refractivity contribution in [3.05, 3.63) is 53.8 Å². The van der Waals surface area contributed by atoms with Gasteiger partial charge in [-0.3, -0.25) is 0 Å². The molecule has 2 unspecified atom stereocenters. The molecule has 1 aromatic carbocycles. The molecule has 0 heterocycles. The van der Waals surface area contributed by atoms with Crippen molar-refractivity contribution in [1.82, 2.24) is 0 Å². The Labute approximate surface area is 127 Å². The number of rotatable bonds is 6. The molecular weight excluding hydrogens is 291 g/mol. The number of hydrogen-bond acceptors (Lipinski definition) is 2. The Hall–Kier alpha value is -0.980. The smallest absolute Gasteiger partial charge is 0.400 e. The van der Waals surface area contributed by atoms with Crippen molar-refractivity contribution in [3.63, 3.8) is 0 Å². The van der Waals surface area contributed by atoms with Gasteiger partial charge in [0.05, 0.1) is 0 Å². The van der Waals surface area contributed by atoms with Crippen molar-refractivity contribution in [1.29, 1.82) is 0 Å². The lowest BCUT2D eigenvalue weighted by molar-refractivity contribution is 0.342. The Kier molecular flexibility index (Phi) is 5.94. The van der Waals surface area contributed by atoms with Crippen LogP contribution in [0.3, 0.4) is 0 Å². The molecule has 1 aliphatic carbocycles. The molecule has 4 heteroatoms. The Morgan fingerprint density at radius 1 is 1.25 bits per heavy atom. The van der Waals surface area contributed by atoms with Crippen molar-refractivity contribution < 1.29 is 9.05 Å². The topological polar surface area (TPSA) is 18.5 Å². The monoisotopic (exact) mass is 310 g/mol. The molecular formula is C16H20ClO2P. The van der Waals surface area contributed by atoms with E-state index in [1.807, 2.05) is 36.4 Å². The summed E-state index contributed by atoms with van der Waals surface area (Å²) < 4.78 is 11.6. The molecule has 20 heavy (non-hydrogen) atoms. The SMILES string of the molecule is CCc1ccccc1OP(Cl)OC1=CC=CCC1CC. The van der Waals surface area contributed by atoms with Crippen LogP contribution in [-0.2, 0) is 10.9 Å². The van der Waals surface area contributed by atoms with Gasteiger partial charge in [0.1, 0.15) is 11.5 Å². The summed E-state index contributed by atoms with van der Waals surface area (Å²) >= 11 is 6.26. The van der Waals surface area contributed by atoms with Crippen LogP contribution in [0.5, 0.6) is 5.75 Å². The van der Waals surface area contributed by atoms with E-state index < -0.39 is 7.73 Å². The molecule has 2 nitrogen and oxygen atoms in total. The van der Waals surface area contributed by atoms with E-state index in [1.54, 1.807) is 0 Å². The molecule has 108 valence electrons. The minimum absolute atomic E-state index is 0.411. The highest BCUT2D eigenvalue weighted by Gasteiger charge is 2.20. The Bertz CT molecular complexity index is 499. The first kappa shape index (κ1) is 15.4. The molecule has 0 radical (unpaired) electrons. The first-order valence-electron chi connectivity index (χ1n) is 7.01. The minimum Gasteiger partial charge on any atom is -0.432 e. The molecule has 0 spiro atoms. The summed E-state index contributed by atoms with van der Waals surface area (Å²) in [6.45, 7) is 4.26. The van der Waals surface area contributed by atoms with Crippen LogP contribution in [0, 0.1) is 5.92 Å². The normalized spacial score (nSPS) is 19.4. The van der Waals surface area contributed by atoms with E-state index in [2.05, 4.69) is 19.9 Å². The highest BCUT2D eigenvalue weighted by atomic mass is 35.7. The molecule has 0 aliphatic heterocycles. The number of allylic oxidation sites excluding steroid dienone is 4. The van der Waals surface area contributed by atoms with E-state index in [4.69, 9.17) is 20.3 Å². The third kappa shape index (κ3) is 4.01. The number of hydrogen-bond donors (Lipinski definition) is 0. The average molecular weight is 311 g/mol. The van der Waals surface area contributed by atoms with E-state index in [-0.39, 0.29) is 0 Å². The summed E-state index contributed by atoms with van der Waals surface area (Å²) in [7, 11) is -1.46. The van der Waals surface area contributed by atoms with Crippen molar-refractivity contribution in [2.24, 2.45) is 5.92 Å². The van der Waals surface area contributed by atoms with Crippen LogP contribution in [-0.4, -0.2) is 0 Å². The Balaban J connectivity index is 2.00. The number of halogens is 1. The fourth-order valence-corrected chi connectivity index (χ4v) is 3.40. The summed E-state index contributed by atoms with van der Waals surface area (Å²) in [6, 6.07) is 7.94. The number of benzene rings is 1. The highest BCUT2D eigenvalue weighted by molar-refractivity contribution is 7.76. The van der Waals surface area contributed by atoms with Gasteiger partial charge >= 0.3 is 7.73 Å². The maximum atomic E-state index is 6.26. The van der Waals surface area contributed by atoms with Gasteiger partial charge in [-0.1, -0.05) is 44.2 Å². The summed E-state index contributed by atoms with van der Waals surface area (Å²) in [5, 5.41) is 0. The molecule has 0 N–H and O–H groups in total. The molecule has 0 saturated heterocycles.